The topological polar surface area (TPSA) is 102 Å². The number of hydrogen-bond donors (Lipinski definition) is 1. The molecule has 5 aromatic rings. The van der Waals surface area contributed by atoms with Crippen molar-refractivity contribution in [2.24, 2.45) is 0 Å². The molecule has 50 heavy (non-hydrogen) atoms. The maximum Gasteiger partial charge on any atom is 0.301 e. The molecule has 4 aromatic carbocycles. The molecule has 0 aliphatic carbocycles. The van der Waals surface area contributed by atoms with Gasteiger partial charge in [0.25, 0.3) is 5.78 Å². The van der Waals surface area contributed by atoms with E-state index in [1.807, 2.05) is 31.2 Å². The van der Waals surface area contributed by atoms with Gasteiger partial charge >= 0.3 is 5.91 Å². The van der Waals surface area contributed by atoms with E-state index >= 15 is 0 Å². The number of carbonyl (C=O) groups is 2. The number of carbonyl (C=O) groups excluding carboxylic acids is 2. The van der Waals surface area contributed by atoms with Crippen LogP contribution < -0.4 is 14.4 Å². The zero-order valence-corrected chi connectivity index (χ0v) is 30.4. The molecular formula is C38H33Cl2N3O5S2. The maximum atomic E-state index is 13.7. The number of ketones is 1. The molecule has 6 rings (SSSR count). The molecule has 1 N–H and O–H groups in total. The van der Waals surface area contributed by atoms with E-state index in [4.69, 9.17) is 32.7 Å². The smallest absolute Gasteiger partial charge is 0.301 e. The molecule has 2 heterocycles. The predicted molar refractivity (Wildman–Crippen MR) is 200 cm³/mol. The Kier molecular flexibility index (Phi) is 11.4. The summed E-state index contributed by atoms with van der Waals surface area (Å²) in [5.41, 5.74) is 3.95. The van der Waals surface area contributed by atoms with E-state index in [0.717, 1.165) is 29.5 Å². The summed E-state index contributed by atoms with van der Waals surface area (Å²) in [6.45, 7) is 5.07. The number of hydrogen-bond acceptors (Lipinski definition) is 9. The molecule has 1 unspecified atom stereocenters. The van der Waals surface area contributed by atoms with Crippen molar-refractivity contribution in [3.8, 4) is 11.5 Å². The van der Waals surface area contributed by atoms with Crippen LogP contribution >= 0.6 is 46.3 Å². The molecule has 0 spiro atoms. The Labute approximate surface area is 308 Å². The molecule has 12 heteroatoms. The Morgan fingerprint density at radius 3 is 2.40 bits per heavy atom. The second-order valence-corrected chi connectivity index (χ2v) is 14.6. The van der Waals surface area contributed by atoms with Gasteiger partial charge in [0.05, 0.1) is 18.2 Å². The van der Waals surface area contributed by atoms with Crippen LogP contribution in [0.4, 0.5) is 5.13 Å². The number of rotatable bonds is 13. The van der Waals surface area contributed by atoms with Crippen LogP contribution in [0.1, 0.15) is 53.6 Å². The number of Topliss-reactive ketones (excluding diaryl/α,β-unsaturated/α-hetero) is 1. The first-order valence-electron chi connectivity index (χ1n) is 15.9. The number of aromatic nitrogens is 2. The minimum Gasteiger partial charge on any atom is -0.507 e. The number of aryl methyl sites for hydroxylation is 1. The molecule has 1 aliphatic rings. The van der Waals surface area contributed by atoms with Crippen LogP contribution in [0.2, 0.25) is 10.0 Å². The average molecular weight is 747 g/mol. The third kappa shape index (κ3) is 8.16. The van der Waals surface area contributed by atoms with Gasteiger partial charge in [-0.05, 0) is 78.6 Å². The largest absolute Gasteiger partial charge is 0.507 e. The Hall–Kier alpha value is -4.35. The average Bonchev–Trinajstić information content (AvgIpc) is 3.68. The third-order valence-corrected chi connectivity index (χ3v) is 10.7. The monoisotopic (exact) mass is 745 g/mol. The van der Waals surface area contributed by atoms with Crippen LogP contribution in [-0.4, -0.2) is 33.6 Å². The summed E-state index contributed by atoms with van der Waals surface area (Å²) < 4.78 is 12.4. The summed E-state index contributed by atoms with van der Waals surface area (Å²) in [4.78, 5) is 28.8. The highest BCUT2D eigenvalue weighted by atomic mass is 35.5. The summed E-state index contributed by atoms with van der Waals surface area (Å²) in [6, 6.07) is 26.3. The molecule has 1 aliphatic heterocycles. The van der Waals surface area contributed by atoms with E-state index in [1.165, 1.54) is 28.0 Å². The van der Waals surface area contributed by atoms with E-state index in [1.54, 1.807) is 60.7 Å². The Bertz CT molecular complexity index is 2030. The van der Waals surface area contributed by atoms with Crippen molar-refractivity contribution in [2.75, 3.05) is 11.5 Å². The first kappa shape index (κ1) is 35.5. The van der Waals surface area contributed by atoms with Gasteiger partial charge in [0, 0.05) is 21.4 Å². The number of amides is 1. The van der Waals surface area contributed by atoms with Crippen LogP contribution in [0.25, 0.3) is 5.76 Å². The number of benzene rings is 4. The van der Waals surface area contributed by atoms with E-state index in [2.05, 4.69) is 23.2 Å². The Morgan fingerprint density at radius 1 is 0.940 bits per heavy atom. The number of unbranched alkanes of at least 4 members (excludes halogenated alkanes) is 1. The second-order valence-electron chi connectivity index (χ2n) is 11.6. The van der Waals surface area contributed by atoms with Gasteiger partial charge in [-0.1, -0.05) is 108 Å². The number of anilines is 1. The van der Waals surface area contributed by atoms with Gasteiger partial charge in [-0.3, -0.25) is 14.5 Å². The molecule has 1 aromatic heterocycles. The summed E-state index contributed by atoms with van der Waals surface area (Å²) >= 11 is 15.0. The van der Waals surface area contributed by atoms with Crippen molar-refractivity contribution in [1.29, 1.82) is 0 Å². The van der Waals surface area contributed by atoms with Crippen molar-refractivity contribution in [3.05, 3.63) is 134 Å². The summed E-state index contributed by atoms with van der Waals surface area (Å²) in [5, 5.41) is 21.6. The van der Waals surface area contributed by atoms with Crippen molar-refractivity contribution < 1.29 is 24.2 Å². The minimum atomic E-state index is -0.964. The fraction of sp³-hybridized carbons (Fsp3) is 0.211. The van der Waals surface area contributed by atoms with E-state index in [0.29, 0.717) is 56.0 Å². The number of aliphatic hydroxyl groups excluding tert-OH is 1. The van der Waals surface area contributed by atoms with E-state index in [-0.39, 0.29) is 16.5 Å². The normalized spacial score (nSPS) is 15.4. The number of thioether (sulfide) groups is 1. The number of ether oxygens (including phenoxy) is 2. The molecule has 0 radical (unpaired) electrons. The van der Waals surface area contributed by atoms with Crippen LogP contribution in [0, 0.1) is 6.92 Å². The highest BCUT2D eigenvalue weighted by Crippen LogP contribution is 2.44. The second kappa shape index (κ2) is 16.1. The van der Waals surface area contributed by atoms with Gasteiger partial charge in [0.1, 0.15) is 23.9 Å². The molecule has 1 atom stereocenters. The Morgan fingerprint density at radius 2 is 1.68 bits per heavy atom. The number of halogens is 2. The van der Waals surface area contributed by atoms with Crippen LogP contribution in [-0.2, 0) is 21.9 Å². The first-order valence-corrected chi connectivity index (χ1v) is 18.5. The van der Waals surface area contributed by atoms with Crippen molar-refractivity contribution in [2.45, 2.75) is 49.4 Å². The van der Waals surface area contributed by atoms with Gasteiger partial charge in [-0.25, -0.2) is 0 Å². The lowest BCUT2D eigenvalue weighted by molar-refractivity contribution is -0.132. The molecule has 1 fully saturated rings. The summed E-state index contributed by atoms with van der Waals surface area (Å²) in [6.07, 6.45) is 1.92. The van der Waals surface area contributed by atoms with Gasteiger partial charge in [0.15, 0.2) is 4.34 Å². The fourth-order valence-corrected chi connectivity index (χ4v) is 7.82. The van der Waals surface area contributed by atoms with Gasteiger partial charge in [0.2, 0.25) is 5.13 Å². The molecule has 0 saturated carbocycles. The van der Waals surface area contributed by atoms with Crippen molar-refractivity contribution in [3.63, 3.8) is 0 Å². The fourth-order valence-electron chi connectivity index (χ4n) is 5.40. The molecule has 256 valence electrons. The standard InChI is InChI=1S/C38H33Cl2N3O5S2/c1-3-4-18-47-29-14-9-25(10-15-29)33-32(34(44)26-11-16-30(17-12-26)48-21-24-7-5-6-23(2)19-24)35(45)36(46)43(33)37-41-42-38(50-37)49-22-27-8-13-28(39)20-31(27)40/h5-17,19-20,33,44H,3-4,18,21-22H2,1-2H3. The van der Waals surface area contributed by atoms with E-state index < -0.39 is 17.7 Å². The molecule has 1 amide bonds. The Balaban J connectivity index is 1.30. The van der Waals surface area contributed by atoms with Crippen LogP contribution in [0.5, 0.6) is 11.5 Å². The van der Waals surface area contributed by atoms with Crippen LogP contribution in [0.15, 0.2) is 101 Å². The number of aliphatic hydroxyl groups is 1. The zero-order chi connectivity index (χ0) is 35.2. The molecular weight excluding hydrogens is 713 g/mol. The zero-order valence-electron chi connectivity index (χ0n) is 27.3. The summed E-state index contributed by atoms with van der Waals surface area (Å²) in [5.74, 6) is -0.189. The van der Waals surface area contributed by atoms with Gasteiger partial charge < -0.3 is 14.6 Å². The summed E-state index contributed by atoms with van der Waals surface area (Å²) in [7, 11) is 0. The quantitative estimate of drug-likeness (QED) is 0.0318. The molecule has 0 bridgehead atoms. The third-order valence-electron chi connectivity index (χ3n) is 7.99. The minimum absolute atomic E-state index is 0.0552. The van der Waals surface area contributed by atoms with Gasteiger partial charge in [-0.15, -0.1) is 10.2 Å². The van der Waals surface area contributed by atoms with E-state index in [9.17, 15) is 14.7 Å². The lowest BCUT2D eigenvalue weighted by Crippen LogP contribution is -2.29. The highest BCUT2D eigenvalue weighted by Gasteiger charge is 2.48. The number of nitrogens with zero attached hydrogens (tertiary/aromatic N) is 3. The van der Waals surface area contributed by atoms with Crippen molar-refractivity contribution in [1.82, 2.24) is 10.2 Å². The lowest BCUT2D eigenvalue weighted by Gasteiger charge is -2.22. The molecule has 8 nitrogen and oxygen atoms in total. The van der Waals surface area contributed by atoms with Crippen LogP contribution in [0.3, 0.4) is 0 Å². The SMILES string of the molecule is CCCCOc1ccc(C2C(=C(O)c3ccc(OCc4cccc(C)c4)cc3)C(=O)C(=O)N2c2nnc(SCc3ccc(Cl)cc3Cl)s2)cc1. The lowest BCUT2D eigenvalue weighted by atomic mass is 9.95. The molecule has 1 saturated heterocycles. The highest BCUT2D eigenvalue weighted by molar-refractivity contribution is 8.00. The maximum absolute atomic E-state index is 13.7. The van der Waals surface area contributed by atoms with Crippen molar-refractivity contribution >= 4 is 68.9 Å². The first-order chi connectivity index (χ1) is 24.2. The predicted octanol–water partition coefficient (Wildman–Crippen LogP) is 9.83. The van der Waals surface area contributed by atoms with Gasteiger partial charge in [-0.2, -0.15) is 0 Å².